The maximum Gasteiger partial charge on any atom is 0.322 e. The zero-order valence-corrected chi connectivity index (χ0v) is 15.7. The molecule has 0 aliphatic heterocycles. The minimum atomic E-state index is -0.611. The van der Waals surface area contributed by atoms with Gasteiger partial charge in [-0.3, -0.25) is 10.1 Å². The van der Waals surface area contributed by atoms with Gasteiger partial charge >= 0.3 is 6.01 Å². The van der Waals surface area contributed by atoms with E-state index in [1.54, 1.807) is 25.3 Å². The molecule has 4 rings (SSSR count). The lowest BCUT2D eigenvalue weighted by atomic mass is 10.1. The number of carbonyl (C=O) groups is 1. The van der Waals surface area contributed by atoms with E-state index >= 15 is 0 Å². The van der Waals surface area contributed by atoms with Crippen LogP contribution in [-0.2, 0) is 0 Å². The lowest BCUT2D eigenvalue weighted by Gasteiger charge is -2.06. The molecule has 1 amide bonds. The normalized spacial score (nSPS) is 10.8. The number of rotatable bonds is 6. The SMILES string of the molecule is COc1ccc(-c2nnc(Nc3nc4c(OC)cccc4s3)o2)cc1C(N)=O. The summed E-state index contributed by atoms with van der Waals surface area (Å²) in [4.78, 5) is 16.1. The van der Waals surface area contributed by atoms with Gasteiger partial charge in [0.2, 0.25) is 5.89 Å². The molecule has 4 aromatic rings. The van der Waals surface area contributed by atoms with Crippen molar-refractivity contribution in [1.29, 1.82) is 0 Å². The number of nitrogens with one attached hydrogen (secondary N) is 1. The number of methoxy groups -OCH3 is 2. The Bertz CT molecular complexity index is 1170. The fourth-order valence-electron chi connectivity index (χ4n) is 2.66. The molecule has 0 aliphatic rings. The Morgan fingerprint density at radius 3 is 2.71 bits per heavy atom. The number of hydrogen-bond acceptors (Lipinski definition) is 9. The van der Waals surface area contributed by atoms with Crippen molar-refractivity contribution in [2.75, 3.05) is 19.5 Å². The predicted molar refractivity (Wildman–Crippen MR) is 104 cm³/mol. The molecule has 0 bridgehead atoms. The van der Waals surface area contributed by atoms with Gasteiger partial charge in [-0.2, -0.15) is 0 Å². The molecule has 2 heterocycles. The number of aromatic nitrogens is 3. The van der Waals surface area contributed by atoms with Crippen molar-refractivity contribution in [3.8, 4) is 23.0 Å². The first-order chi connectivity index (χ1) is 13.6. The van der Waals surface area contributed by atoms with Gasteiger partial charge in [0.15, 0.2) is 5.13 Å². The van der Waals surface area contributed by atoms with E-state index in [4.69, 9.17) is 19.6 Å². The lowest BCUT2D eigenvalue weighted by molar-refractivity contribution is 0.0997. The molecule has 9 nitrogen and oxygen atoms in total. The number of para-hydroxylation sites is 1. The van der Waals surface area contributed by atoms with Crippen molar-refractivity contribution in [2.45, 2.75) is 0 Å². The van der Waals surface area contributed by atoms with Crippen LogP contribution in [0.2, 0.25) is 0 Å². The van der Waals surface area contributed by atoms with E-state index in [1.807, 2.05) is 18.2 Å². The molecule has 28 heavy (non-hydrogen) atoms. The van der Waals surface area contributed by atoms with Gasteiger partial charge in [-0.1, -0.05) is 22.5 Å². The molecule has 10 heteroatoms. The van der Waals surface area contributed by atoms with Crippen molar-refractivity contribution in [2.24, 2.45) is 5.73 Å². The predicted octanol–water partition coefficient (Wildman–Crippen LogP) is 3.21. The number of amides is 1. The molecule has 3 N–H and O–H groups in total. The fraction of sp³-hybridized carbons (Fsp3) is 0.111. The summed E-state index contributed by atoms with van der Waals surface area (Å²) in [5.41, 5.74) is 6.91. The average Bonchev–Trinajstić information content (AvgIpc) is 3.33. The second-order valence-electron chi connectivity index (χ2n) is 5.64. The summed E-state index contributed by atoms with van der Waals surface area (Å²) in [7, 11) is 3.06. The smallest absolute Gasteiger partial charge is 0.322 e. The van der Waals surface area contributed by atoms with Gasteiger partial charge in [0.05, 0.1) is 24.5 Å². The summed E-state index contributed by atoms with van der Waals surface area (Å²) in [6.45, 7) is 0. The van der Waals surface area contributed by atoms with Crippen molar-refractivity contribution in [3.05, 3.63) is 42.0 Å². The van der Waals surface area contributed by atoms with Crippen LogP contribution in [0, 0.1) is 0 Å². The third-order valence-corrected chi connectivity index (χ3v) is 4.89. The number of thiazole rings is 1. The number of ether oxygens (including phenoxy) is 2. The van der Waals surface area contributed by atoms with Crippen molar-refractivity contribution >= 4 is 38.6 Å². The standard InChI is InChI=1S/C18H15N5O4S/c1-25-11-7-6-9(8-10(11)15(19)24)16-22-23-17(27-16)21-18-20-14-12(26-2)4-3-5-13(14)28-18/h3-8H,1-2H3,(H2,19,24)(H,20,21,23). The van der Waals surface area contributed by atoms with Crippen molar-refractivity contribution < 1.29 is 18.7 Å². The van der Waals surface area contributed by atoms with E-state index < -0.39 is 5.91 Å². The van der Waals surface area contributed by atoms with Crippen LogP contribution in [0.25, 0.3) is 21.7 Å². The molecule has 2 aromatic carbocycles. The quantitative estimate of drug-likeness (QED) is 0.508. The number of nitrogens with zero attached hydrogens (tertiary/aromatic N) is 3. The first kappa shape index (κ1) is 17.7. The number of primary amides is 1. The van der Waals surface area contributed by atoms with E-state index in [0.717, 1.165) is 10.2 Å². The third-order valence-electron chi connectivity index (χ3n) is 3.95. The molecular formula is C18H15N5O4S. The van der Waals surface area contributed by atoms with Gasteiger partial charge in [0.1, 0.15) is 17.0 Å². The van der Waals surface area contributed by atoms with Crippen LogP contribution in [-0.4, -0.2) is 35.3 Å². The second kappa shape index (κ2) is 7.16. The summed E-state index contributed by atoms with van der Waals surface area (Å²) >= 11 is 1.43. The monoisotopic (exact) mass is 397 g/mol. The van der Waals surface area contributed by atoms with Gasteiger partial charge < -0.3 is 19.6 Å². The van der Waals surface area contributed by atoms with Gasteiger partial charge in [0, 0.05) is 5.56 Å². The van der Waals surface area contributed by atoms with Crippen LogP contribution in [0.3, 0.4) is 0 Å². The molecule has 0 spiro atoms. The Kier molecular flexibility index (Phi) is 4.53. The van der Waals surface area contributed by atoms with Crippen LogP contribution in [0.5, 0.6) is 11.5 Å². The van der Waals surface area contributed by atoms with Crippen LogP contribution in [0.15, 0.2) is 40.8 Å². The van der Waals surface area contributed by atoms with Crippen molar-refractivity contribution in [3.63, 3.8) is 0 Å². The van der Waals surface area contributed by atoms with Crippen LogP contribution in [0.1, 0.15) is 10.4 Å². The summed E-state index contributed by atoms with van der Waals surface area (Å²) in [5, 5.41) is 11.6. The van der Waals surface area contributed by atoms with E-state index in [1.165, 1.54) is 18.4 Å². The largest absolute Gasteiger partial charge is 0.496 e. The first-order valence-electron chi connectivity index (χ1n) is 8.11. The zero-order valence-electron chi connectivity index (χ0n) is 14.9. The highest BCUT2D eigenvalue weighted by atomic mass is 32.1. The highest BCUT2D eigenvalue weighted by Crippen LogP contribution is 2.34. The topological polar surface area (TPSA) is 125 Å². The number of fused-ring (bicyclic) bond motifs is 1. The van der Waals surface area contributed by atoms with Gasteiger partial charge in [-0.15, -0.1) is 5.10 Å². The molecular weight excluding hydrogens is 382 g/mol. The molecule has 0 unspecified atom stereocenters. The Morgan fingerprint density at radius 1 is 1.14 bits per heavy atom. The minimum absolute atomic E-state index is 0.171. The number of benzene rings is 2. The molecule has 0 fully saturated rings. The first-order valence-corrected chi connectivity index (χ1v) is 8.93. The van der Waals surface area contributed by atoms with Crippen LogP contribution < -0.4 is 20.5 Å². The molecule has 0 saturated carbocycles. The number of carbonyl (C=O) groups excluding carboxylic acids is 1. The molecule has 2 aromatic heterocycles. The summed E-state index contributed by atoms with van der Waals surface area (Å²) in [5.74, 6) is 0.675. The third kappa shape index (κ3) is 3.21. The Labute approximate surface area is 163 Å². The van der Waals surface area contributed by atoms with Crippen LogP contribution >= 0.6 is 11.3 Å². The Hall–Kier alpha value is -3.66. The van der Waals surface area contributed by atoms with Crippen molar-refractivity contribution in [1.82, 2.24) is 15.2 Å². The van der Waals surface area contributed by atoms with E-state index in [9.17, 15) is 4.79 Å². The van der Waals surface area contributed by atoms with Gasteiger partial charge in [-0.25, -0.2) is 4.98 Å². The zero-order chi connectivity index (χ0) is 19.7. The van der Waals surface area contributed by atoms with E-state index in [2.05, 4.69) is 20.5 Å². The average molecular weight is 397 g/mol. The second-order valence-corrected chi connectivity index (χ2v) is 6.67. The summed E-state index contributed by atoms with van der Waals surface area (Å²) in [6, 6.07) is 10.7. The number of anilines is 2. The number of nitrogens with two attached hydrogens (primary N) is 1. The lowest BCUT2D eigenvalue weighted by Crippen LogP contribution is -2.12. The van der Waals surface area contributed by atoms with Crippen LogP contribution in [0.4, 0.5) is 11.1 Å². The molecule has 0 atom stereocenters. The minimum Gasteiger partial charge on any atom is -0.496 e. The Morgan fingerprint density at radius 2 is 1.96 bits per heavy atom. The van der Waals surface area contributed by atoms with Gasteiger partial charge in [0.25, 0.3) is 5.91 Å². The summed E-state index contributed by atoms with van der Waals surface area (Å²) in [6.07, 6.45) is 0. The fourth-order valence-corrected chi connectivity index (χ4v) is 3.53. The van der Waals surface area contributed by atoms with E-state index in [-0.39, 0.29) is 17.5 Å². The number of hydrogen-bond donors (Lipinski definition) is 2. The molecule has 142 valence electrons. The molecule has 0 aliphatic carbocycles. The highest BCUT2D eigenvalue weighted by molar-refractivity contribution is 7.22. The van der Waals surface area contributed by atoms with Gasteiger partial charge in [-0.05, 0) is 30.3 Å². The van der Waals surface area contributed by atoms with E-state index in [0.29, 0.717) is 22.2 Å². The molecule has 0 radical (unpaired) electrons. The maximum atomic E-state index is 11.6. The summed E-state index contributed by atoms with van der Waals surface area (Å²) < 4.78 is 17.1. The maximum absolute atomic E-state index is 11.6. The Balaban J connectivity index is 1.62. The highest BCUT2D eigenvalue weighted by Gasteiger charge is 2.16. The molecule has 0 saturated heterocycles.